The van der Waals surface area contributed by atoms with Crippen LogP contribution in [0.5, 0.6) is 5.75 Å². The molecule has 5 nitrogen and oxygen atoms in total. The van der Waals surface area contributed by atoms with Crippen LogP contribution in [0, 0.1) is 5.92 Å². The quantitative estimate of drug-likeness (QED) is 0.770. The highest BCUT2D eigenvalue weighted by atomic mass is 16.5. The van der Waals surface area contributed by atoms with E-state index < -0.39 is 0 Å². The lowest BCUT2D eigenvalue weighted by atomic mass is 10.00. The second-order valence-electron chi connectivity index (χ2n) is 6.29. The topological polar surface area (TPSA) is 50.8 Å². The average molecular weight is 332 g/mol. The first-order chi connectivity index (χ1) is 11.6. The van der Waals surface area contributed by atoms with Crippen LogP contribution >= 0.6 is 0 Å². The van der Waals surface area contributed by atoms with E-state index in [1.165, 1.54) is 0 Å². The minimum Gasteiger partial charge on any atom is -0.489 e. The van der Waals surface area contributed by atoms with Crippen LogP contribution < -0.4 is 10.1 Å². The van der Waals surface area contributed by atoms with Crippen molar-refractivity contribution in [3.63, 3.8) is 0 Å². The number of urea groups is 1. The smallest absolute Gasteiger partial charge is 0.321 e. The zero-order chi connectivity index (χ0) is 17.4. The summed E-state index contributed by atoms with van der Waals surface area (Å²) in [4.78, 5) is 14.3. The van der Waals surface area contributed by atoms with Gasteiger partial charge in [-0.05, 0) is 62.4 Å². The van der Waals surface area contributed by atoms with Crippen LogP contribution in [-0.4, -0.2) is 43.8 Å². The number of nitrogens with zero attached hydrogens (tertiary/aromatic N) is 1. The predicted molar refractivity (Wildman–Crippen MR) is 96.6 cm³/mol. The van der Waals surface area contributed by atoms with Crippen molar-refractivity contribution in [2.45, 2.75) is 26.7 Å². The molecule has 0 spiro atoms. The molecule has 1 aliphatic rings. The SMILES string of the molecule is C=C(C)COc1ccc(NC(=O)N(CC)CC2CCOCC2)cc1. The second kappa shape index (κ2) is 9.33. The van der Waals surface area contributed by atoms with E-state index in [0.29, 0.717) is 19.1 Å². The molecule has 1 saturated heterocycles. The molecule has 0 unspecified atom stereocenters. The molecule has 0 atom stereocenters. The van der Waals surface area contributed by atoms with Gasteiger partial charge in [0.25, 0.3) is 0 Å². The van der Waals surface area contributed by atoms with Crippen molar-refractivity contribution in [3.05, 3.63) is 36.4 Å². The van der Waals surface area contributed by atoms with E-state index >= 15 is 0 Å². The summed E-state index contributed by atoms with van der Waals surface area (Å²) in [6, 6.07) is 7.36. The number of carbonyl (C=O) groups is 1. The summed E-state index contributed by atoms with van der Waals surface area (Å²) in [5, 5.41) is 2.96. The zero-order valence-corrected chi connectivity index (χ0v) is 14.7. The molecule has 1 aromatic carbocycles. The van der Waals surface area contributed by atoms with Gasteiger partial charge in [0, 0.05) is 32.0 Å². The summed E-state index contributed by atoms with van der Waals surface area (Å²) in [7, 11) is 0. The Morgan fingerprint density at radius 1 is 1.33 bits per heavy atom. The Kier molecular flexibility index (Phi) is 7.12. The van der Waals surface area contributed by atoms with Gasteiger partial charge in [0.15, 0.2) is 0 Å². The van der Waals surface area contributed by atoms with Gasteiger partial charge in [-0.25, -0.2) is 4.79 Å². The minimum atomic E-state index is -0.0559. The van der Waals surface area contributed by atoms with Crippen molar-refractivity contribution < 1.29 is 14.3 Å². The maximum absolute atomic E-state index is 12.5. The van der Waals surface area contributed by atoms with Crippen LogP contribution in [0.15, 0.2) is 36.4 Å². The van der Waals surface area contributed by atoms with Crippen molar-refractivity contribution in [2.75, 3.05) is 38.2 Å². The molecule has 0 radical (unpaired) electrons. The Morgan fingerprint density at radius 2 is 2.00 bits per heavy atom. The molecule has 1 fully saturated rings. The third kappa shape index (κ3) is 5.89. The number of anilines is 1. The normalized spacial score (nSPS) is 14.9. The van der Waals surface area contributed by atoms with Crippen LogP contribution in [0.2, 0.25) is 0 Å². The van der Waals surface area contributed by atoms with Gasteiger partial charge >= 0.3 is 6.03 Å². The Balaban J connectivity index is 1.85. The van der Waals surface area contributed by atoms with E-state index in [4.69, 9.17) is 9.47 Å². The lowest BCUT2D eigenvalue weighted by Gasteiger charge is -2.29. The minimum absolute atomic E-state index is 0.0559. The van der Waals surface area contributed by atoms with Gasteiger partial charge in [0.1, 0.15) is 12.4 Å². The number of rotatable bonds is 7. The number of hydrogen-bond donors (Lipinski definition) is 1. The highest BCUT2D eigenvalue weighted by Gasteiger charge is 2.20. The summed E-state index contributed by atoms with van der Waals surface area (Å²) in [6.45, 7) is 11.3. The molecule has 5 heteroatoms. The predicted octanol–water partition coefficient (Wildman–Crippen LogP) is 3.92. The maximum atomic E-state index is 12.5. The summed E-state index contributed by atoms with van der Waals surface area (Å²) in [5.41, 5.74) is 1.74. The molecular formula is C19H28N2O3. The molecule has 0 bridgehead atoms. The van der Waals surface area contributed by atoms with Gasteiger partial charge in [0.2, 0.25) is 0 Å². The number of carbonyl (C=O) groups excluding carboxylic acids is 1. The number of hydrogen-bond acceptors (Lipinski definition) is 3. The van der Waals surface area contributed by atoms with Gasteiger partial charge in [-0.3, -0.25) is 0 Å². The summed E-state index contributed by atoms with van der Waals surface area (Å²) in [6.07, 6.45) is 2.05. The van der Waals surface area contributed by atoms with Crippen LogP contribution in [0.4, 0.5) is 10.5 Å². The molecular weight excluding hydrogens is 304 g/mol. The molecule has 2 amide bonds. The molecule has 1 aliphatic heterocycles. The lowest BCUT2D eigenvalue weighted by molar-refractivity contribution is 0.0576. The maximum Gasteiger partial charge on any atom is 0.321 e. The highest BCUT2D eigenvalue weighted by Crippen LogP contribution is 2.19. The monoisotopic (exact) mass is 332 g/mol. The van der Waals surface area contributed by atoms with E-state index in [1.54, 1.807) is 0 Å². The fourth-order valence-electron chi connectivity index (χ4n) is 2.64. The molecule has 0 saturated carbocycles. The molecule has 1 N–H and O–H groups in total. The molecule has 0 aliphatic carbocycles. The number of ether oxygens (including phenoxy) is 2. The highest BCUT2D eigenvalue weighted by molar-refractivity contribution is 5.89. The molecule has 0 aromatic heterocycles. The fraction of sp³-hybridized carbons (Fsp3) is 0.526. The Hall–Kier alpha value is -2.01. The standard InChI is InChI=1S/C19H28N2O3/c1-4-21(13-16-9-11-23-12-10-16)19(22)20-17-5-7-18(8-6-17)24-14-15(2)3/h5-8,16H,2,4,9-14H2,1,3H3,(H,20,22). The van der Waals surface area contributed by atoms with E-state index in [-0.39, 0.29) is 6.03 Å². The van der Waals surface area contributed by atoms with Gasteiger partial charge in [0.05, 0.1) is 0 Å². The third-order valence-corrected chi connectivity index (χ3v) is 4.08. The molecule has 2 rings (SSSR count). The van der Waals surface area contributed by atoms with Gasteiger partial charge in [-0.2, -0.15) is 0 Å². The number of nitrogens with one attached hydrogen (secondary N) is 1. The van der Waals surface area contributed by atoms with E-state index in [2.05, 4.69) is 11.9 Å². The number of amides is 2. The largest absolute Gasteiger partial charge is 0.489 e. The van der Waals surface area contributed by atoms with Crippen LogP contribution in [0.1, 0.15) is 26.7 Å². The van der Waals surface area contributed by atoms with Crippen molar-refractivity contribution in [1.29, 1.82) is 0 Å². The molecule has 24 heavy (non-hydrogen) atoms. The van der Waals surface area contributed by atoms with Crippen molar-refractivity contribution >= 4 is 11.7 Å². The average Bonchev–Trinajstić information content (AvgIpc) is 2.59. The summed E-state index contributed by atoms with van der Waals surface area (Å²) >= 11 is 0. The Bertz CT molecular complexity index is 536. The number of benzene rings is 1. The van der Waals surface area contributed by atoms with E-state index in [1.807, 2.05) is 43.0 Å². The van der Waals surface area contributed by atoms with E-state index in [0.717, 1.165) is 49.6 Å². The first-order valence-electron chi connectivity index (χ1n) is 8.59. The molecule has 1 heterocycles. The van der Waals surface area contributed by atoms with Gasteiger partial charge < -0.3 is 19.7 Å². The Morgan fingerprint density at radius 3 is 2.58 bits per heavy atom. The Labute approximate surface area is 144 Å². The fourth-order valence-corrected chi connectivity index (χ4v) is 2.64. The van der Waals surface area contributed by atoms with Crippen LogP contribution in [0.25, 0.3) is 0 Å². The lowest BCUT2D eigenvalue weighted by Crippen LogP contribution is -2.39. The first-order valence-corrected chi connectivity index (χ1v) is 8.59. The van der Waals surface area contributed by atoms with Crippen molar-refractivity contribution in [2.24, 2.45) is 5.92 Å². The van der Waals surface area contributed by atoms with Gasteiger partial charge in [-0.1, -0.05) is 6.58 Å². The zero-order valence-electron chi connectivity index (χ0n) is 14.7. The van der Waals surface area contributed by atoms with Crippen molar-refractivity contribution in [1.82, 2.24) is 4.90 Å². The summed E-state index contributed by atoms with van der Waals surface area (Å²) < 4.78 is 10.9. The molecule has 1 aromatic rings. The van der Waals surface area contributed by atoms with Crippen LogP contribution in [0.3, 0.4) is 0 Å². The summed E-state index contributed by atoms with van der Waals surface area (Å²) in [5.74, 6) is 1.30. The third-order valence-electron chi connectivity index (χ3n) is 4.08. The second-order valence-corrected chi connectivity index (χ2v) is 6.29. The van der Waals surface area contributed by atoms with Gasteiger partial charge in [-0.15, -0.1) is 0 Å². The van der Waals surface area contributed by atoms with E-state index in [9.17, 15) is 4.79 Å². The molecule has 132 valence electrons. The first kappa shape index (κ1) is 18.3. The van der Waals surface area contributed by atoms with Crippen molar-refractivity contribution in [3.8, 4) is 5.75 Å². The van der Waals surface area contributed by atoms with Crippen LogP contribution in [-0.2, 0) is 4.74 Å².